The zero-order valence-electron chi connectivity index (χ0n) is 9.77. The minimum absolute atomic E-state index is 0.774. The first-order chi connectivity index (χ1) is 8.33. The maximum Gasteiger partial charge on any atom is 0.133 e. The van der Waals surface area contributed by atoms with Crippen LogP contribution in [0.25, 0.3) is 0 Å². The van der Waals surface area contributed by atoms with Crippen LogP contribution < -0.4 is 5.32 Å². The lowest BCUT2D eigenvalue weighted by atomic mass is 10.1. The molecular weight excluding hydrogens is 212 g/mol. The van der Waals surface area contributed by atoms with Crippen molar-refractivity contribution in [1.29, 1.82) is 0 Å². The van der Waals surface area contributed by atoms with Crippen LogP contribution in [0, 0.1) is 6.92 Å². The first-order valence-electron chi connectivity index (χ1n) is 5.78. The van der Waals surface area contributed by atoms with E-state index in [1.807, 2.05) is 12.1 Å². The molecule has 1 aliphatic heterocycles. The lowest BCUT2D eigenvalue weighted by Gasteiger charge is -2.06. The van der Waals surface area contributed by atoms with Crippen LogP contribution >= 0.6 is 0 Å². The maximum absolute atomic E-state index is 4.62. The lowest BCUT2D eigenvalue weighted by molar-refractivity contribution is 0.755. The molecule has 0 unspecified atom stereocenters. The van der Waals surface area contributed by atoms with Crippen LogP contribution in [0.2, 0.25) is 0 Å². The molecule has 0 saturated carbocycles. The molecule has 1 aliphatic rings. The first kappa shape index (κ1) is 10.4. The highest BCUT2D eigenvalue weighted by atomic mass is 15.0. The Labute approximate surface area is 100 Å². The molecule has 0 aliphatic carbocycles. The highest BCUT2D eigenvalue weighted by Crippen LogP contribution is 2.17. The largest absolute Gasteiger partial charge is 0.307 e. The Kier molecular flexibility index (Phi) is 2.57. The standard InChI is InChI=1S/C13H14N4/c1-9-11-7-15-8-12(11)17-13(16-9)6-10-2-4-14-5-3-10/h2-5,15H,6-8H2,1H3. The third-order valence-electron chi connectivity index (χ3n) is 3.05. The van der Waals surface area contributed by atoms with Crippen LogP contribution in [0.3, 0.4) is 0 Å². The fraction of sp³-hybridized carbons (Fsp3) is 0.308. The molecule has 2 aromatic heterocycles. The minimum Gasteiger partial charge on any atom is -0.307 e. The van der Waals surface area contributed by atoms with Crippen LogP contribution in [0.5, 0.6) is 0 Å². The van der Waals surface area contributed by atoms with Gasteiger partial charge in [-0.2, -0.15) is 0 Å². The molecule has 0 radical (unpaired) electrons. The van der Waals surface area contributed by atoms with Crippen molar-refractivity contribution >= 4 is 0 Å². The predicted octanol–water partition coefficient (Wildman–Crippen LogP) is 1.37. The van der Waals surface area contributed by atoms with E-state index in [0.717, 1.165) is 36.7 Å². The molecule has 0 fully saturated rings. The van der Waals surface area contributed by atoms with Crippen LogP contribution in [-0.2, 0) is 19.5 Å². The molecule has 4 nitrogen and oxygen atoms in total. The molecule has 86 valence electrons. The molecule has 4 heteroatoms. The van der Waals surface area contributed by atoms with Crippen molar-refractivity contribution in [3.8, 4) is 0 Å². The van der Waals surface area contributed by atoms with E-state index < -0.39 is 0 Å². The van der Waals surface area contributed by atoms with Gasteiger partial charge in [-0.25, -0.2) is 9.97 Å². The van der Waals surface area contributed by atoms with Gasteiger partial charge in [0.1, 0.15) is 5.82 Å². The van der Waals surface area contributed by atoms with Crippen LogP contribution in [0.1, 0.15) is 28.3 Å². The van der Waals surface area contributed by atoms with E-state index in [-0.39, 0.29) is 0 Å². The van der Waals surface area contributed by atoms with E-state index in [1.54, 1.807) is 12.4 Å². The maximum atomic E-state index is 4.62. The molecule has 17 heavy (non-hydrogen) atoms. The predicted molar refractivity (Wildman–Crippen MR) is 64.4 cm³/mol. The Morgan fingerprint density at radius 3 is 2.82 bits per heavy atom. The van der Waals surface area contributed by atoms with Gasteiger partial charge in [-0.3, -0.25) is 4.98 Å². The molecule has 0 atom stereocenters. The van der Waals surface area contributed by atoms with Crippen LogP contribution in [0.4, 0.5) is 0 Å². The van der Waals surface area contributed by atoms with Crippen LogP contribution in [-0.4, -0.2) is 15.0 Å². The first-order valence-corrected chi connectivity index (χ1v) is 5.78. The van der Waals surface area contributed by atoms with Crippen LogP contribution in [0.15, 0.2) is 24.5 Å². The van der Waals surface area contributed by atoms with Gasteiger partial charge in [0.15, 0.2) is 0 Å². The van der Waals surface area contributed by atoms with Gasteiger partial charge in [-0.15, -0.1) is 0 Å². The van der Waals surface area contributed by atoms with E-state index in [4.69, 9.17) is 0 Å². The highest BCUT2D eigenvalue weighted by Gasteiger charge is 2.16. The number of pyridine rings is 1. The number of nitrogens with one attached hydrogen (secondary N) is 1. The second kappa shape index (κ2) is 4.22. The molecule has 0 saturated heterocycles. The number of hydrogen-bond donors (Lipinski definition) is 1. The summed E-state index contributed by atoms with van der Waals surface area (Å²) in [5.41, 5.74) is 4.72. The van der Waals surface area contributed by atoms with Crippen molar-refractivity contribution in [3.05, 3.63) is 52.9 Å². The summed E-state index contributed by atoms with van der Waals surface area (Å²) in [6.07, 6.45) is 4.38. The van der Waals surface area contributed by atoms with E-state index in [9.17, 15) is 0 Å². The number of aromatic nitrogens is 3. The smallest absolute Gasteiger partial charge is 0.133 e. The van der Waals surface area contributed by atoms with Crippen molar-refractivity contribution in [2.45, 2.75) is 26.4 Å². The minimum atomic E-state index is 0.774. The van der Waals surface area contributed by atoms with Gasteiger partial charge in [0, 0.05) is 43.2 Å². The number of nitrogens with zero attached hydrogens (tertiary/aromatic N) is 3. The summed E-state index contributed by atoms with van der Waals surface area (Å²) in [7, 11) is 0. The van der Waals surface area contributed by atoms with E-state index in [0.29, 0.717) is 0 Å². The summed E-state index contributed by atoms with van der Waals surface area (Å²) >= 11 is 0. The Bertz CT molecular complexity index is 537. The summed E-state index contributed by atoms with van der Waals surface area (Å²) in [6.45, 7) is 3.82. The van der Waals surface area contributed by atoms with Gasteiger partial charge in [0.25, 0.3) is 0 Å². The Morgan fingerprint density at radius 2 is 2.00 bits per heavy atom. The van der Waals surface area contributed by atoms with Gasteiger partial charge in [0.05, 0.1) is 5.69 Å². The molecule has 0 amide bonds. The number of hydrogen-bond acceptors (Lipinski definition) is 4. The SMILES string of the molecule is Cc1nc(Cc2ccncc2)nc2c1CNC2. The van der Waals surface area contributed by atoms with Crippen molar-refractivity contribution in [3.63, 3.8) is 0 Å². The molecule has 0 bridgehead atoms. The van der Waals surface area contributed by atoms with Crippen molar-refractivity contribution in [2.24, 2.45) is 0 Å². The van der Waals surface area contributed by atoms with Crippen molar-refractivity contribution < 1.29 is 0 Å². The normalized spacial score (nSPS) is 13.7. The molecule has 2 aromatic rings. The summed E-state index contributed by atoms with van der Waals surface area (Å²) < 4.78 is 0. The van der Waals surface area contributed by atoms with Crippen molar-refractivity contribution in [2.75, 3.05) is 0 Å². The zero-order valence-corrected chi connectivity index (χ0v) is 9.77. The summed E-state index contributed by atoms with van der Waals surface area (Å²) in [4.78, 5) is 13.2. The third kappa shape index (κ3) is 2.03. The van der Waals surface area contributed by atoms with Gasteiger partial charge in [0.2, 0.25) is 0 Å². The van der Waals surface area contributed by atoms with E-state index in [1.165, 1.54) is 11.1 Å². The Morgan fingerprint density at radius 1 is 1.18 bits per heavy atom. The summed E-state index contributed by atoms with van der Waals surface area (Å²) in [6, 6.07) is 4.01. The summed E-state index contributed by atoms with van der Waals surface area (Å²) in [5.74, 6) is 0.899. The highest BCUT2D eigenvalue weighted by molar-refractivity contribution is 5.29. The fourth-order valence-electron chi connectivity index (χ4n) is 2.16. The van der Waals surface area contributed by atoms with E-state index in [2.05, 4.69) is 27.2 Å². The van der Waals surface area contributed by atoms with E-state index >= 15 is 0 Å². The molecule has 0 aromatic carbocycles. The molecule has 3 heterocycles. The number of rotatable bonds is 2. The zero-order chi connectivity index (χ0) is 11.7. The monoisotopic (exact) mass is 226 g/mol. The molecule has 3 rings (SSSR count). The molecular formula is C13H14N4. The van der Waals surface area contributed by atoms with Crippen molar-refractivity contribution in [1.82, 2.24) is 20.3 Å². The van der Waals surface area contributed by atoms with Gasteiger partial charge < -0.3 is 5.32 Å². The fourth-order valence-corrected chi connectivity index (χ4v) is 2.16. The van der Waals surface area contributed by atoms with Gasteiger partial charge in [-0.05, 0) is 24.6 Å². The molecule has 1 N–H and O–H groups in total. The average Bonchev–Trinajstić information content (AvgIpc) is 2.79. The van der Waals surface area contributed by atoms with Gasteiger partial charge in [-0.1, -0.05) is 0 Å². The Hall–Kier alpha value is -1.81. The second-order valence-corrected chi connectivity index (χ2v) is 4.29. The number of fused-ring (bicyclic) bond motifs is 1. The second-order valence-electron chi connectivity index (χ2n) is 4.29. The molecule has 0 spiro atoms. The topological polar surface area (TPSA) is 50.7 Å². The summed E-state index contributed by atoms with van der Waals surface area (Å²) in [5, 5.41) is 3.31. The Balaban J connectivity index is 1.92. The quantitative estimate of drug-likeness (QED) is 0.840. The average molecular weight is 226 g/mol. The lowest BCUT2D eigenvalue weighted by Crippen LogP contribution is -2.04. The van der Waals surface area contributed by atoms with Gasteiger partial charge >= 0.3 is 0 Å². The third-order valence-corrected chi connectivity index (χ3v) is 3.05. The number of aryl methyl sites for hydroxylation is 1.